The van der Waals surface area contributed by atoms with Crippen molar-refractivity contribution in [2.75, 3.05) is 19.7 Å². The number of para-hydroxylation sites is 1. The second kappa shape index (κ2) is 7.65. The van der Waals surface area contributed by atoms with Gasteiger partial charge in [-0.3, -0.25) is 4.79 Å². The molecule has 1 aliphatic rings. The van der Waals surface area contributed by atoms with E-state index in [-0.39, 0.29) is 30.7 Å². The van der Waals surface area contributed by atoms with Crippen LogP contribution in [0.4, 0.5) is 13.2 Å². The van der Waals surface area contributed by atoms with Crippen LogP contribution < -0.4 is 15.4 Å². The van der Waals surface area contributed by atoms with Crippen LogP contribution in [0.25, 0.3) is 0 Å². The quantitative estimate of drug-likeness (QED) is 0.860. The van der Waals surface area contributed by atoms with Crippen molar-refractivity contribution in [3.05, 3.63) is 29.8 Å². The van der Waals surface area contributed by atoms with Gasteiger partial charge in [-0.1, -0.05) is 18.2 Å². The number of halogens is 3. The molecule has 5 nitrogen and oxygen atoms in total. The van der Waals surface area contributed by atoms with Crippen molar-refractivity contribution in [2.24, 2.45) is 0 Å². The Kier molecular flexibility index (Phi) is 5.84. The minimum atomic E-state index is -4.74. The summed E-state index contributed by atoms with van der Waals surface area (Å²) in [5, 5.41) is 5.75. The molecule has 2 rings (SSSR count). The molecule has 1 saturated heterocycles. The largest absolute Gasteiger partial charge is 0.573 e. The second-order valence-electron chi connectivity index (χ2n) is 5.20. The molecule has 1 amide bonds. The molecular formula is C15H19F3N2O3. The number of morpholine rings is 1. The topological polar surface area (TPSA) is 59.6 Å². The van der Waals surface area contributed by atoms with Gasteiger partial charge in [-0.15, -0.1) is 13.2 Å². The summed E-state index contributed by atoms with van der Waals surface area (Å²) < 4.78 is 46.4. The number of alkyl halides is 3. The van der Waals surface area contributed by atoms with E-state index in [1.165, 1.54) is 18.2 Å². The Morgan fingerprint density at radius 3 is 2.87 bits per heavy atom. The van der Waals surface area contributed by atoms with Crippen molar-refractivity contribution in [3.63, 3.8) is 0 Å². The molecule has 128 valence electrons. The Labute approximate surface area is 132 Å². The Hall–Kier alpha value is -1.80. The van der Waals surface area contributed by atoms with Crippen LogP contribution in [0.3, 0.4) is 0 Å². The van der Waals surface area contributed by atoms with Gasteiger partial charge >= 0.3 is 6.36 Å². The maximum absolute atomic E-state index is 12.3. The highest BCUT2D eigenvalue weighted by atomic mass is 19.4. The van der Waals surface area contributed by atoms with Crippen molar-refractivity contribution in [2.45, 2.75) is 31.9 Å². The van der Waals surface area contributed by atoms with Gasteiger partial charge in [0.15, 0.2) is 0 Å². The minimum absolute atomic E-state index is 0.210. The van der Waals surface area contributed by atoms with Crippen LogP contribution in [0.5, 0.6) is 5.75 Å². The molecule has 0 bridgehead atoms. The zero-order chi connectivity index (χ0) is 16.9. The zero-order valence-electron chi connectivity index (χ0n) is 12.7. The number of carbonyl (C=O) groups excluding carboxylic acids is 1. The molecule has 0 aromatic heterocycles. The van der Waals surface area contributed by atoms with Crippen molar-refractivity contribution in [3.8, 4) is 5.75 Å². The summed E-state index contributed by atoms with van der Waals surface area (Å²) in [6.07, 6.45) is -4.75. The molecule has 1 aliphatic heterocycles. The van der Waals surface area contributed by atoms with Gasteiger partial charge in [0.1, 0.15) is 11.8 Å². The van der Waals surface area contributed by atoms with Crippen LogP contribution in [0, 0.1) is 0 Å². The molecule has 2 N–H and O–H groups in total. The monoisotopic (exact) mass is 332 g/mol. The predicted octanol–water partition coefficient (Wildman–Crippen LogP) is 1.62. The van der Waals surface area contributed by atoms with Gasteiger partial charge in [-0.2, -0.15) is 0 Å². The third-order valence-corrected chi connectivity index (χ3v) is 3.49. The number of hydrogen-bond acceptors (Lipinski definition) is 4. The van der Waals surface area contributed by atoms with E-state index in [0.29, 0.717) is 18.7 Å². The van der Waals surface area contributed by atoms with Crippen molar-refractivity contribution in [1.82, 2.24) is 10.6 Å². The first kappa shape index (κ1) is 17.6. The van der Waals surface area contributed by atoms with Gasteiger partial charge in [0, 0.05) is 13.1 Å². The fourth-order valence-electron chi connectivity index (χ4n) is 2.39. The summed E-state index contributed by atoms with van der Waals surface area (Å²) in [4.78, 5) is 12.0. The van der Waals surface area contributed by atoms with E-state index >= 15 is 0 Å². The van der Waals surface area contributed by atoms with E-state index < -0.39 is 12.4 Å². The van der Waals surface area contributed by atoms with Crippen molar-refractivity contribution < 1.29 is 27.4 Å². The number of benzene rings is 1. The summed E-state index contributed by atoms with van der Waals surface area (Å²) in [6.45, 7) is 3.14. The lowest BCUT2D eigenvalue weighted by Gasteiger charge is -2.29. The van der Waals surface area contributed by atoms with Gasteiger partial charge in [-0.25, -0.2) is 0 Å². The van der Waals surface area contributed by atoms with Crippen molar-refractivity contribution in [1.29, 1.82) is 0 Å². The third kappa shape index (κ3) is 5.40. The fourth-order valence-corrected chi connectivity index (χ4v) is 2.39. The van der Waals surface area contributed by atoms with Gasteiger partial charge in [-0.05, 0) is 25.0 Å². The lowest BCUT2D eigenvalue weighted by Crippen LogP contribution is -2.55. The fraction of sp³-hybridized carbons (Fsp3) is 0.533. The summed E-state index contributed by atoms with van der Waals surface area (Å²) in [7, 11) is 0. The number of amides is 1. The van der Waals surface area contributed by atoms with E-state index in [9.17, 15) is 18.0 Å². The average molecular weight is 332 g/mol. The molecule has 2 atom stereocenters. The first-order chi connectivity index (χ1) is 10.9. The lowest BCUT2D eigenvalue weighted by atomic mass is 10.1. The maximum Gasteiger partial charge on any atom is 0.573 e. The van der Waals surface area contributed by atoms with Crippen LogP contribution in [0.1, 0.15) is 12.5 Å². The Balaban J connectivity index is 1.87. The Morgan fingerprint density at radius 1 is 1.43 bits per heavy atom. The number of hydrogen-bond donors (Lipinski definition) is 2. The first-order valence-corrected chi connectivity index (χ1v) is 7.33. The van der Waals surface area contributed by atoms with Gasteiger partial charge < -0.3 is 20.1 Å². The molecule has 0 aliphatic carbocycles. The molecule has 1 fully saturated rings. The highest BCUT2D eigenvalue weighted by molar-refractivity contribution is 5.82. The van der Waals surface area contributed by atoms with Crippen LogP contribution in [0.15, 0.2) is 24.3 Å². The first-order valence-electron chi connectivity index (χ1n) is 7.33. The number of rotatable bonds is 5. The molecule has 23 heavy (non-hydrogen) atoms. The summed E-state index contributed by atoms with van der Waals surface area (Å²) in [5.74, 6) is -0.479. The van der Waals surface area contributed by atoms with Gasteiger partial charge in [0.25, 0.3) is 0 Å². The maximum atomic E-state index is 12.3. The normalized spacial score (nSPS) is 21.7. The summed E-state index contributed by atoms with van der Waals surface area (Å²) in [5.41, 5.74) is 0.381. The highest BCUT2D eigenvalue weighted by Gasteiger charge is 2.32. The molecule has 1 aromatic rings. The van der Waals surface area contributed by atoms with Crippen molar-refractivity contribution >= 4 is 5.91 Å². The van der Waals surface area contributed by atoms with E-state index in [0.717, 1.165) is 0 Å². The van der Waals surface area contributed by atoms with E-state index in [1.807, 2.05) is 0 Å². The zero-order valence-corrected chi connectivity index (χ0v) is 12.7. The van der Waals surface area contributed by atoms with Crippen LogP contribution in [0.2, 0.25) is 0 Å². The predicted molar refractivity (Wildman–Crippen MR) is 77.0 cm³/mol. The highest BCUT2D eigenvalue weighted by Crippen LogP contribution is 2.26. The number of ether oxygens (including phenoxy) is 2. The van der Waals surface area contributed by atoms with E-state index in [2.05, 4.69) is 15.4 Å². The molecule has 1 aromatic carbocycles. The molecule has 0 spiro atoms. The Morgan fingerprint density at radius 2 is 2.17 bits per heavy atom. The summed E-state index contributed by atoms with van der Waals surface area (Å²) >= 11 is 0. The van der Waals surface area contributed by atoms with E-state index in [1.54, 1.807) is 13.0 Å². The molecule has 8 heteroatoms. The standard InChI is InChI=1S/C15H19F3N2O3/c1-10-13(19-8-9-22-10)14(21)20-7-6-11-4-2-3-5-12(11)23-15(16,17)18/h2-5,10,13,19H,6-9H2,1H3,(H,20,21)/t10-,13+/m1/s1. The van der Waals surface area contributed by atoms with Crippen LogP contribution in [-0.4, -0.2) is 44.1 Å². The van der Waals surface area contributed by atoms with Crippen LogP contribution >= 0.6 is 0 Å². The molecule has 0 saturated carbocycles. The molecule has 0 unspecified atom stereocenters. The average Bonchev–Trinajstić information content (AvgIpc) is 2.48. The molecular weight excluding hydrogens is 313 g/mol. The number of nitrogens with one attached hydrogen (secondary N) is 2. The Bertz CT molecular complexity index is 537. The third-order valence-electron chi connectivity index (χ3n) is 3.49. The number of carbonyl (C=O) groups is 1. The minimum Gasteiger partial charge on any atom is -0.406 e. The second-order valence-corrected chi connectivity index (χ2v) is 5.20. The van der Waals surface area contributed by atoms with Gasteiger partial charge in [0.05, 0.1) is 12.7 Å². The SMILES string of the molecule is C[C@H]1OCCN[C@@H]1C(=O)NCCc1ccccc1OC(F)(F)F. The van der Waals surface area contributed by atoms with E-state index in [4.69, 9.17) is 4.74 Å². The van der Waals surface area contributed by atoms with Crippen LogP contribution in [-0.2, 0) is 16.0 Å². The smallest absolute Gasteiger partial charge is 0.406 e. The molecule has 0 radical (unpaired) electrons. The summed E-state index contributed by atoms with van der Waals surface area (Å²) in [6, 6.07) is 5.43. The molecule has 1 heterocycles. The lowest BCUT2D eigenvalue weighted by molar-refractivity contribution is -0.274. The van der Waals surface area contributed by atoms with Gasteiger partial charge in [0.2, 0.25) is 5.91 Å².